The van der Waals surface area contributed by atoms with Gasteiger partial charge in [0.1, 0.15) is 0 Å². The van der Waals surface area contributed by atoms with E-state index in [-0.39, 0.29) is 12.1 Å². The molecule has 1 aromatic carbocycles. The van der Waals surface area contributed by atoms with E-state index in [1.807, 2.05) is 22.2 Å². The van der Waals surface area contributed by atoms with E-state index in [1.54, 1.807) is 12.1 Å². The number of hydrogen-bond donors (Lipinski definition) is 1. The zero-order valence-corrected chi connectivity index (χ0v) is 10.1. The molecule has 19 heavy (non-hydrogen) atoms. The number of hydrogen-bond acceptors (Lipinski definition) is 5. The zero-order chi connectivity index (χ0) is 13.8. The van der Waals surface area contributed by atoms with E-state index in [0.717, 1.165) is 5.69 Å². The molecule has 2 rings (SSSR count). The first-order valence-electron chi connectivity index (χ1n) is 5.71. The van der Waals surface area contributed by atoms with Crippen molar-refractivity contribution in [2.24, 2.45) is 0 Å². The number of benzene rings is 1. The van der Waals surface area contributed by atoms with Crippen LogP contribution in [-0.4, -0.2) is 34.1 Å². The molecular formula is C12H13N3O4. The van der Waals surface area contributed by atoms with Gasteiger partial charge in [0.25, 0.3) is 5.69 Å². The van der Waals surface area contributed by atoms with Gasteiger partial charge >= 0.3 is 5.97 Å². The number of rotatable bonds is 5. The van der Waals surface area contributed by atoms with Gasteiger partial charge in [0.15, 0.2) is 0 Å². The van der Waals surface area contributed by atoms with Crippen LogP contribution in [0.3, 0.4) is 0 Å². The number of carboxylic acids is 1. The molecule has 0 radical (unpaired) electrons. The highest BCUT2D eigenvalue weighted by atomic mass is 16.6. The summed E-state index contributed by atoms with van der Waals surface area (Å²) in [6, 6.07) is 6.23. The number of aliphatic carboxylic acids is 1. The van der Waals surface area contributed by atoms with E-state index < -0.39 is 10.9 Å². The third-order valence-electron chi connectivity index (χ3n) is 2.80. The molecule has 1 N–H and O–H groups in total. The lowest BCUT2D eigenvalue weighted by atomic mass is 10.3. The molecule has 0 fully saturated rings. The van der Waals surface area contributed by atoms with Gasteiger partial charge < -0.3 is 14.9 Å². The molecule has 0 spiro atoms. The number of carboxylic acid groups (broad SMARTS) is 1. The minimum Gasteiger partial charge on any atom is -0.481 e. The minimum atomic E-state index is -0.831. The van der Waals surface area contributed by atoms with E-state index in [2.05, 4.69) is 0 Å². The second-order valence-electron chi connectivity index (χ2n) is 4.14. The van der Waals surface area contributed by atoms with Crippen LogP contribution in [0.1, 0.15) is 6.42 Å². The molecule has 0 saturated heterocycles. The van der Waals surface area contributed by atoms with Crippen LogP contribution >= 0.6 is 0 Å². The Morgan fingerprint density at radius 3 is 2.58 bits per heavy atom. The smallest absolute Gasteiger partial charge is 0.305 e. The molecule has 0 aliphatic carbocycles. The Morgan fingerprint density at radius 1 is 1.32 bits per heavy atom. The molecule has 0 saturated carbocycles. The number of anilines is 1. The van der Waals surface area contributed by atoms with Gasteiger partial charge in [-0.05, 0) is 12.1 Å². The number of nitro groups is 1. The fourth-order valence-corrected chi connectivity index (χ4v) is 1.78. The van der Waals surface area contributed by atoms with Crippen LogP contribution in [0.4, 0.5) is 11.4 Å². The summed E-state index contributed by atoms with van der Waals surface area (Å²) in [5.41, 5.74) is 0.884. The van der Waals surface area contributed by atoms with Crippen molar-refractivity contribution >= 4 is 17.3 Å². The van der Waals surface area contributed by atoms with E-state index >= 15 is 0 Å². The van der Waals surface area contributed by atoms with Crippen molar-refractivity contribution in [3.63, 3.8) is 0 Å². The van der Waals surface area contributed by atoms with Crippen LogP contribution in [0.5, 0.6) is 0 Å². The first-order chi connectivity index (χ1) is 9.06. The van der Waals surface area contributed by atoms with Crippen LogP contribution in [0, 0.1) is 10.1 Å². The van der Waals surface area contributed by atoms with Gasteiger partial charge in [-0.15, -0.1) is 0 Å². The Balaban J connectivity index is 1.95. The lowest BCUT2D eigenvalue weighted by Gasteiger charge is -2.20. The molecule has 0 unspecified atom stereocenters. The molecule has 100 valence electrons. The van der Waals surface area contributed by atoms with E-state index in [1.165, 1.54) is 12.1 Å². The SMILES string of the molecule is O=C(O)CCN1C=CN(c2ccc([N+](=O)[O-])cc2)C1. The first-order valence-corrected chi connectivity index (χ1v) is 5.71. The second-order valence-corrected chi connectivity index (χ2v) is 4.14. The van der Waals surface area contributed by atoms with Gasteiger partial charge in [-0.2, -0.15) is 0 Å². The van der Waals surface area contributed by atoms with Crippen LogP contribution in [0.25, 0.3) is 0 Å². The topological polar surface area (TPSA) is 86.9 Å². The highest BCUT2D eigenvalue weighted by Gasteiger charge is 2.15. The fourth-order valence-electron chi connectivity index (χ4n) is 1.78. The number of nitro benzene ring substituents is 1. The van der Waals surface area contributed by atoms with E-state index in [9.17, 15) is 14.9 Å². The van der Waals surface area contributed by atoms with Crippen LogP contribution in [0.15, 0.2) is 36.7 Å². The largest absolute Gasteiger partial charge is 0.481 e. The Bertz CT molecular complexity index is 512. The average Bonchev–Trinajstić information content (AvgIpc) is 2.85. The summed E-state index contributed by atoms with van der Waals surface area (Å²) in [5, 5.41) is 19.2. The first kappa shape index (κ1) is 12.9. The van der Waals surface area contributed by atoms with Crippen molar-refractivity contribution in [3.8, 4) is 0 Å². The quantitative estimate of drug-likeness (QED) is 0.641. The van der Waals surface area contributed by atoms with E-state index in [0.29, 0.717) is 13.2 Å². The lowest BCUT2D eigenvalue weighted by Crippen LogP contribution is -2.26. The Hall–Kier alpha value is -2.57. The van der Waals surface area contributed by atoms with E-state index in [4.69, 9.17) is 5.11 Å². The molecule has 7 nitrogen and oxygen atoms in total. The number of non-ortho nitro benzene ring substituents is 1. The third kappa shape index (κ3) is 3.21. The molecule has 0 amide bonds. The monoisotopic (exact) mass is 263 g/mol. The predicted octanol–water partition coefficient (Wildman–Crippen LogP) is 1.62. The summed E-state index contributed by atoms with van der Waals surface area (Å²) >= 11 is 0. The fraction of sp³-hybridized carbons (Fsp3) is 0.250. The molecule has 1 aliphatic heterocycles. The third-order valence-corrected chi connectivity index (χ3v) is 2.80. The van der Waals surface area contributed by atoms with Gasteiger partial charge in [0, 0.05) is 36.8 Å². The van der Waals surface area contributed by atoms with Crippen molar-refractivity contribution < 1.29 is 14.8 Å². The molecule has 1 aromatic rings. The maximum Gasteiger partial charge on any atom is 0.305 e. The number of carbonyl (C=O) groups is 1. The maximum atomic E-state index is 10.5. The Kier molecular flexibility index (Phi) is 3.65. The molecule has 0 aromatic heterocycles. The molecular weight excluding hydrogens is 250 g/mol. The Morgan fingerprint density at radius 2 is 2.00 bits per heavy atom. The normalized spacial score (nSPS) is 13.9. The average molecular weight is 263 g/mol. The highest BCUT2D eigenvalue weighted by Crippen LogP contribution is 2.22. The second kappa shape index (κ2) is 5.38. The summed E-state index contributed by atoms with van der Waals surface area (Å²) < 4.78 is 0. The molecule has 7 heteroatoms. The van der Waals surface area contributed by atoms with Crippen LogP contribution in [-0.2, 0) is 4.79 Å². The van der Waals surface area contributed by atoms with Gasteiger partial charge in [0.05, 0.1) is 18.0 Å². The zero-order valence-electron chi connectivity index (χ0n) is 10.1. The van der Waals surface area contributed by atoms with Gasteiger partial charge in [-0.1, -0.05) is 0 Å². The van der Waals surface area contributed by atoms with Crippen molar-refractivity contribution in [1.82, 2.24) is 4.90 Å². The standard InChI is InChI=1S/C12H13N3O4/c16-12(17)5-6-13-7-8-14(9-13)10-1-3-11(4-2-10)15(18)19/h1-4,7-8H,5-6,9H2,(H,16,17). The summed E-state index contributed by atoms with van der Waals surface area (Å²) in [7, 11) is 0. The highest BCUT2D eigenvalue weighted by molar-refractivity contribution is 5.67. The van der Waals surface area contributed by atoms with Crippen molar-refractivity contribution in [1.29, 1.82) is 0 Å². The molecule has 1 aliphatic rings. The van der Waals surface area contributed by atoms with Crippen LogP contribution in [0.2, 0.25) is 0 Å². The molecule has 1 heterocycles. The summed E-state index contributed by atoms with van der Waals surface area (Å²) in [5.74, 6) is -0.831. The minimum absolute atomic E-state index is 0.0506. The van der Waals surface area contributed by atoms with Gasteiger partial charge in [-0.25, -0.2) is 0 Å². The molecule has 0 atom stereocenters. The summed E-state index contributed by atoms with van der Waals surface area (Å²) in [6.45, 7) is 0.987. The van der Waals surface area contributed by atoms with Gasteiger partial charge in [0.2, 0.25) is 0 Å². The lowest BCUT2D eigenvalue weighted by molar-refractivity contribution is -0.384. The summed E-state index contributed by atoms with van der Waals surface area (Å²) in [4.78, 5) is 24.4. The van der Waals surface area contributed by atoms with Crippen LogP contribution < -0.4 is 4.90 Å². The van der Waals surface area contributed by atoms with Crippen molar-refractivity contribution in [2.45, 2.75) is 6.42 Å². The molecule has 0 bridgehead atoms. The maximum absolute atomic E-state index is 10.5. The number of nitrogens with zero attached hydrogens (tertiary/aromatic N) is 3. The van der Waals surface area contributed by atoms with Gasteiger partial charge in [-0.3, -0.25) is 14.9 Å². The summed E-state index contributed by atoms with van der Waals surface area (Å²) in [6.07, 6.45) is 3.71. The Labute approximate surface area is 109 Å². The predicted molar refractivity (Wildman–Crippen MR) is 68.5 cm³/mol. The van der Waals surface area contributed by atoms with Crippen molar-refractivity contribution in [2.75, 3.05) is 18.1 Å². The van der Waals surface area contributed by atoms with Crippen molar-refractivity contribution in [3.05, 3.63) is 46.8 Å².